The van der Waals surface area contributed by atoms with Gasteiger partial charge in [0.15, 0.2) is 23.2 Å². The van der Waals surface area contributed by atoms with Crippen molar-refractivity contribution in [1.29, 1.82) is 0 Å². The fourth-order valence-corrected chi connectivity index (χ4v) is 4.19. The van der Waals surface area contributed by atoms with Crippen LogP contribution in [0.5, 0.6) is 11.5 Å². The average Bonchev–Trinajstić information content (AvgIpc) is 3.22. The van der Waals surface area contributed by atoms with E-state index >= 15 is 0 Å². The highest BCUT2D eigenvalue weighted by molar-refractivity contribution is 7.22. The Morgan fingerprint density at radius 3 is 2.67 bits per heavy atom. The van der Waals surface area contributed by atoms with E-state index in [9.17, 15) is 4.79 Å². The van der Waals surface area contributed by atoms with Crippen LogP contribution in [0, 0.1) is 0 Å². The van der Waals surface area contributed by atoms with Gasteiger partial charge in [-0.1, -0.05) is 47.2 Å². The minimum atomic E-state index is -0.236. The summed E-state index contributed by atoms with van der Waals surface area (Å²) in [6.45, 7) is 0.156. The van der Waals surface area contributed by atoms with Crippen LogP contribution in [0.15, 0.2) is 67.0 Å². The Hall–Kier alpha value is -3.16. The third-order valence-corrected chi connectivity index (χ3v) is 5.72. The van der Waals surface area contributed by atoms with Crippen molar-refractivity contribution in [1.82, 2.24) is 9.97 Å². The van der Waals surface area contributed by atoms with Gasteiger partial charge in [-0.25, -0.2) is 4.98 Å². The maximum Gasteiger partial charge on any atom is 0.267 e. The molecule has 0 saturated carbocycles. The van der Waals surface area contributed by atoms with Gasteiger partial charge in [-0.15, -0.1) is 0 Å². The number of hydrogen-bond acceptors (Lipinski definition) is 6. The van der Waals surface area contributed by atoms with Gasteiger partial charge in [0.1, 0.15) is 5.52 Å². The van der Waals surface area contributed by atoms with Crippen LogP contribution in [0.2, 0.25) is 5.02 Å². The van der Waals surface area contributed by atoms with E-state index < -0.39 is 0 Å². The van der Waals surface area contributed by atoms with E-state index in [1.54, 1.807) is 42.6 Å². The molecule has 0 aliphatic rings. The fraction of sp³-hybridized carbons (Fsp3) is 0.136. The third kappa shape index (κ3) is 4.37. The molecule has 8 heteroatoms. The first kappa shape index (κ1) is 20.1. The number of para-hydroxylation sites is 3. The Balaban J connectivity index is 1.62. The minimum Gasteiger partial charge on any atom is -0.493 e. The summed E-state index contributed by atoms with van der Waals surface area (Å²) in [4.78, 5) is 23.5. The molecule has 0 radical (unpaired) electrons. The molecule has 0 unspecified atom stereocenters. The van der Waals surface area contributed by atoms with Gasteiger partial charge in [0.05, 0.1) is 23.4 Å². The summed E-state index contributed by atoms with van der Waals surface area (Å²) in [5, 5.41) is 1.10. The van der Waals surface area contributed by atoms with Crippen LogP contribution in [-0.2, 0) is 11.3 Å². The Kier molecular flexibility index (Phi) is 6.11. The van der Waals surface area contributed by atoms with Crippen LogP contribution < -0.4 is 14.4 Å². The number of thiazole rings is 1. The number of amides is 1. The molecule has 4 aromatic rings. The van der Waals surface area contributed by atoms with E-state index in [2.05, 4.69) is 9.97 Å². The number of carbonyl (C=O) groups excluding carboxylic acids is 1. The molecule has 0 aliphatic carbocycles. The van der Waals surface area contributed by atoms with Crippen LogP contribution in [0.1, 0.15) is 5.56 Å². The van der Waals surface area contributed by atoms with Gasteiger partial charge in [0, 0.05) is 12.4 Å². The molecule has 1 amide bonds. The quantitative estimate of drug-likeness (QED) is 0.407. The number of carbonyl (C=O) groups is 1. The van der Waals surface area contributed by atoms with Crippen LogP contribution in [0.3, 0.4) is 0 Å². The molecule has 4 rings (SSSR count). The van der Waals surface area contributed by atoms with Crippen molar-refractivity contribution in [2.75, 3.05) is 18.6 Å². The molecule has 2 aromatic carbocycles. The second kappa shape index (κ2) is 9.11. The predicted octanol–water partition coefficient (Wildman–Crippen LogP) is 4.97. The van der Waals surface area contributed by atoms with Crippen molar-refractivity contribution >= 4 is 44.2 Å². The molecular weight excluding hydrogens is 422 g/mol. The molecular formula is C22H18ClN3O3S. The minimum absolute atomic E-state index is 0.162. The van der Waals surface area contributed by atoms with E-state index in [1.807, 2.05) is 36.4 Å². The highest BCUT2D eigenvalue weighted by Crippen LogP contribution is 2.34. The highest BCUT2D eigenvalue weighted by Gasteiger charge is 2.22. The summed E-state index contributed by atoms with van der Waals surface area (Å²) >= 11 is 7.69. The van der Waals surface area contributed by atoms with Crippen LogP contribution in [0.25, 0.3) is 10.2 Å². The van der Waals surface area contributed by atoms with E-state index in [1.165, 1.54) is 11.3 Å². The van der Waals surface area contributed by atoms with Gasteiger partial charge >= 0.3 is 0 Å². The van der Waals surface area contributed by atoms with E-state index in [-0.39, 0.29) is 12.5 Å². The largest absolute Gasteiger partial charge is 0.493 e. The first-order valence-electron chi connectivity index (χ1n) is 9.16. The lowest BCUT2D eigenvalue weighted by Gasteiger charge is -2.20. The number of hydrogen-bond donors (Lipinski definition) is 0. The normalized spacial score (nSPS) is 10.7. The van der Waals surface area contributed by atoms with Crippen molar-refractivity contribution in [3.05, 3.63) is 77.6 Å². The number of rotatable bonds is 7. The topological polar surface area (TPSA) is 64.6 Å². The van der Waals surface area contributed by atoms with E-state index in [0.29, 0.717) is 33.7 Å². The molecule has 6 nitrogen and oxygen atoms in total. The number of fused-ring (bicyclic) bond motifs is 1. The number of benzene rings is 2. The molecule has 0 fully saturated rings. The number of methoxy groups -OCH3 is 1. The molecule has 0 bridgehead atoms. The molecule has 0 saturated heterocycles. The Morgan fingerprint density at radius 1 is 1.10 bits per heavy atom. The molecule has 2 aromatic heterocycles. The van der Waals surface area contributed by atoms with E-state index in [4.69, 9.17) is 21.1 Å². The summed E-state index contributed by atoms with van der Waals surface area (Å²) < 4.78 is 11.9. The second-order valence-corrected chi connectivity index (χ2v) is 7.78. The van der Waals surface area contributed by atoms with Gasteiger partial charge in [-0.05, 0) is 35.9 Å². The lowest BCUT2D eigenvalue weighted by molar-refractivity contribution is -0.120. The highest BCUT2D eigenvalue weighted by atomic mass is 35.5. The Bertz CT molecular complexity index is 1170. The average molecular weight is 440 g/mol. The zero-order valence-electron chi connectivity index (χ0n) is 16.1. The molecule has 0 spiro atoms. The number of pyridine rings is 1. The molecule has 0 N–H and O–H groups in total. The van der Waals surface area contributed by atoms with Crippen molar-refractivity contribution in [3.63, 3.8) is 0 Å². The van der Waals surface area contributed by atoms with Gasteiger partial charge in [0.25, 0.3) is 5.91 Å². The number of ether oxygens (including phenoxy) is 2. The van der Waals surface area contributed by atoms with Gasteiger partial charge in [-0.2, -0.15) is 0 Å². The first-order valence-corrected chi connectivity index (χ1v) is 10.4. The number of nitrogens with zero attached hydrogens (tertiary/aromatic N) is 3. The van der Waals surface area contributed by atoms with Crippen LogP contribution in [-0.4, -0.2) is 29.6 Å². The molecule has 152 valence electrons. The summed E-state index contributed by atoms with van der Waals surface area (Å²) in [5.74, 6) is 0.831. The van der Waals surface area contributed by atoms with Crippen LogP contribution in [0.4, 0.5) is 5.13 Å². The summed E-state index contributed by atoms with van der Waals surface area (Å²) in [5.41, 5.74) is 1.56. The number of halogens is 1. The Labute approximate surface area is 182 Å². The summed E-state index contributed by atoms with van der Waals surface area (Å²) in [6.07, 6.45) is 3.42. The van der Waals surface area contributed by atoms with Gasteiger partial charge < -0.3 is 9.47 Å². The van der Waals surface area contributed by atoms with Gasteiger partial charge in [-0.3, -0.25) is 14.7 Å². The lowest BCUT2D eigenvalue weighted by atomic mass is 10.2. The zero-order chi connectivity index (χ0) is 20.9. The maximum atomic E-state index is 13.2. The zero-order valence-corrected chi connectivity index (χ0v) is 17.7. The predicted molar refractivity (Wildman–Crippen MR) is 119 cm³/mol. The van der Waals surface area contributed by atoms with Crippen molar-refractivity contribution in [2.45, 2.75) is 6.54 Å². The summed E-state index contributed by atoms with van der Waals surface area (Å²) in [6, 6.07) is 16.5. The molecule has 0 aliphatic heterocycles. The molecule has 30 heavy (non-hydrogen) atoms. The molecule has 0 atom stereocenters. The Morgan fingerprint density at radius 2 is 1.93 bits per heavy atom. The van der Waals surface area contributed by atoms with Crippen molar-refractivity contribution < 1.29 is 14.3 Å². The van der Waals surface area contributed by atoms with Crippen molar-refractivity contribution in [2.24, 2.45) is 0 Å². The smallest absolute Gasteiger partial charge is 0.267 e. The second-order valence-electron chi connectivity index (χ2n) is 6.36. The molecule has 2 heterocycles. The van der Waals surface area contributed by atoms with Gasteiger partial charge in [0.2, 0.25) is 0 Å². The number of anilines is 1. The van der Waals surface area contributed by atoms with Crippen LogP contribution >= 0.6 is 22.9 Å². The number of aromatic nitrogens is 2. The summed E-state index contributed by atoms with van der Waals surface area (Å²) in [7, 11) is 1.56. The standard InChI is InChI=1S/C22H18ClN3O3S/c1-28-17-8-2-3-9-18(17)29-14-20(27)26(13-15-6-5-11-24-12-15)22-25-21-16(23)7-4-10-19(21)30-22/h2-12H,13-14H2,1H3. The monoisotopic (exact) mass is 439 g/mol. The fourth-order valence-electron chi connectivity index (χ4n) is 2.91. The maximum absolute atomic E-state index is 13.2. The van der Waals surface area contributed by atoms with Crippen molar-refractivity contribution in [3.8, 4) is 11.5 Å². The third-order valence-electron chi connectivity index (χ3n) is 4.37. The lowest BCUT2D eigenvalue weighted by Crippen LogP contribution is -2.34. The van der Waals surface area contributed by atoms with E-state index in [0.717, 1.165) is 10.3 Å². The SMILES string of the molecule is COc1ccccc1OCC(=O)N(Cc1cccnc1)c1nc2c(Cl)cccc2s1. The first-order chi connectivity index (χ1) is 14.7.